The Bertz CT molecular complexity index is 459. The summed E-state index contributed by atoms with van der Waals surface area (Å²) in [6, 6.07) is 2.13. The standard InChI is InChI=1S/C10H10Br2N2S2/c1-6-14-7(5-15-6)3-13-4-8-2-9(11)10(12)16-8/h2,5,13H,3-4H2,1H3. The molecule has 2 nitrogen and oxygen atoms in total. The molecule has 0 aromatic carbocycles. The largest absolute Gasteiger partial charge is 0.306 e. The highest BCUT2D eigenvalue weighted by Gasteiger charge is 2.04. The molecule has 16 heavy (non-hydrogen) atoms. The van der Waals surface area contributed by atoms with E-state index in [9.17, 15) is 0 Å². The molecule has 0 spiro atoms. The van der Waals surface area contributed by atoms with Crippen LogP contribution in [-0.4, -0.2) is 4.98 Å². The van der Waals surface area contributed by atoms with Crippen LogP contribution in [0.25, 0.3) is 0 Å². The van der Waals surface area contributed by atoms with Crippen LogP contribution in [0.15, 0.2) is 19.7 Å². The number of thiophene rings is 1. The van der Waals surface area contributed by atoms with E-state index in [1.807, 2.05) is 6.92 Å². The van der Waals surface area contributed by atoms with Crippen LogP contribution in [-0.2, 0) is 13.1 Å². The van der Waals surface area contributed by atoms with E-state index in [4.69, 9.17) is 0 Å². The molecule has 2 aromatic heterocycles. The van der Waals surface area contributed by atoms with Gasteiger partial charge in [0, 0.05) is 27.8 Å². The van der Waals surface area contributed by atoms with Gasteiger partial charge >= 0.3 is 0 Å². The maximum absolute atomic E-state index is 4.41. The lowest BCUT2D eigenvalue weighted by atomic mass is 10.4. The van der Waals surface area contributed by atoms with Crippen molar-refractivity contribution in [2.45, 2.75) is 20.0 Å². The van der Waals surface area contributed by atoms with E-state index in [0.717, 1.165) is 32.1 Å². The van der Waals surface area contributed by atoms with Crippen molar-refractivity contribution in [1.29, 1.82) is 0 Å². The summed E-state index contributed by atoms with van der Waals surface area (Å²) in [4.78, 5) is 5.72. The summed E-state index contributed by atoms with van der Waals surface area (Å²) in [6.07, 6.45) is 0. The Morgan fingerprint density at radius 2 is 2.19 bits per heavy atom. The van der Waals surface area contributed by atoms with Gasteiger partial charge < -0.3 is 5.32 Å². The third kappa shape index (κ3) is 3.37. The highest BCUT2D eigenvalue weighted by molar-refractivity contribution is 9.13. The SMILES string of the molecule is Cc1nc(CNCc2cc(Br)c(Br)s2)cs1. The van der Waals surface area contributed by atoms with Crippen molar-refractivity contribution >= 4 is 54.5 Å². The van der Waals surface area contributed by atoms with Crippen molar-refractivity contribution in [1.82, 2.24) is 10.3 Å². The summed E-state index contributed by atoms with van der Waals surface area (Å²) in [7, 11) is 0. The normalized spacial score (nSPS) is 10.9. The zero-order chi connectivity index (χ0) is 11.5. The van der Waals surface area contributed by atoms with Crippen LogP contribution in [0.3, 0.4) is 0 Å². The lowest BCUT2D eigenvalue weighted by Crippen LogP contribution is -2.11. The predicted molar refractivity (Wildman–Crippen MR) is 77.1 cm³/mol. The van der Waals surface area contributed by atoms with E-state index in [-0.39, 0.29) is 0 Å². The fraction of sp³-hybridized carbons (Fsp3) is 0.300. The molecule has 0 saturated heterocycles. The van der Waals surface area contributed by atoms with Crippen molar-refractivity contribution in [3.63, 3.8) is 0 Å². The molecular weight excluding hydrogens is 372 g/mol. The second kappa shape index (κ2) is 5.73. The molecule has 2 aromatic rings. The van der Waals surface area contributed by atoms with Gasteiger partial charge in [-0.25, -0.2) is 4.98 Å². The average molecular weight is 382 g/mol. The molecule has 0 aliphatic rings. The minimum atomic E-state index is 0.831. The van der Waals surface area contributed by atoms with E-state index in [1.54, 1.807) is 22.7 Å². The van der Waals surface area contributed by atoms with E-state index < -0.39 is 0 Å². The van der Waals surface area contributed by atoms with Crippen molar-refractivity contribution in [2.24, 2.45) is 0 Å². The van der Waals surface area contributed by atoms with Crippen LogP contribution in [0.4, 0.5) is 0 Å². The summed E-state index contributed by atoms with van der Waals surface area (Å²) in [5.41, 5.74) is 1.12. The topological polar surface area (TPSA) is 24.9 Å². The number of nitrogens with zero attached hydrogens (tertiary/aromatic N) is 1. The monoisotopic (exact) mass is 380 g/mol. The molecular formula is C10H10Br2N2S2. The summed E-state index contributed by atoms with van der Waals surface area (Å²) in [5, 5.41) is 6.61. The van der Waals surface area contributed by atoms with Crippen LogP contribution < -0.4 is 5.32 Å². The molecule has 1 N–H and O–H groups in total. The summed E-state index contributed by atoms with van der Waals surface area (Å²) in [5.74, 6) is 0. The zero-order valence-corrected chi connectivity index (χ0v) is 13.4. The minimum absolute atomic E-state index is 0.831. The molecule has 0 bridgehead atoms. The average Bonchev–Trinajstić information content (AvgIpc) is 2.75. The quantitative estimate of drug-likeness (QED) is 0.852. The summed E-state index contributed by atoms with van der Waals surface area (Å²) >= 11 is 10.4. The first-order valence-corrected chi connectivity index (χ1v) is 7.99. The molecule has 6 heteroatoms. The minimum Gasteiger partial charge on any atom is -0.306 e. The van der Waals surface area contributed by atoms with Crippen LogP contribution in [0.2, 0.25) is 0 Å². The van der Waals surface area contributed by atoms with Crippen LogP contribution in [0.1, 0.15) is 15.6 Å². The maximum atomic E-state index is 4.41. The Hall–Kier alpha value is 0.250. The van der Waals surface area contributed by atoms with Gasteiger partial charge in [0.1, 0.15) is 0 Å². The van der Waals surface area contributed by atoms with Crippen molar-refractivity contribution in [2.75, 3.05) is 0 Å². The smallest absolute Gasteiger partial charge is 0.0897 e. The fourth-order valence-corrected chi connectivity index (χ4v) is 4.04. The Kier molecular flexibility index (Phi) is 4.55. The molecule has 0 unspecified atom stereocenters. The number of hydrogen-bond acceptors (Lipinski definition) is 4. The van der Waals surface area contributed by atoms with Crippen LogP contribution in [0, 0.1) is 6.92 Å². The summed E-state index contributed by atoms with van der Waals surface area (Å²) < 4.78 is 2.27. The van der Waals surface area contributed by atoms with E-state index in [0.29, 0.717) is 0 Å². The van der Waals surface area contributed by atoms with Crippen LogP contribution in [0.5, 0.6) is 0 Å². The number of nitrogens with one attached hydrogen (secondary N) is 1. The Labute approximate surface area is 119 Å². The molecule has 0 atom stereocenters. The van der Waals surface area contributed by atoms with Crippen molar-refractivity contribution in [3.05, 3.63) is 35.3 Å². The zero-order valence-electron chi connectivity index (χ0n) is 8.59. The highest BCUT2D eigenvalue weighted by Crippen LogP contribution is 2.32. The number of aromatic nitrogens is 1. The van der Waals surface area contributed by atoms with Crippen LogP contribution >= 0.6 is 54.5 Å². The second-order valence-electron chi connectivity index (χ2n) is 3.30. The highest BCUT2D eigenvalue weighted by atomic mass is 79.9. The number of rotatable bonds is 4. The molecule has 2 rings (SSSR count). The summed E-state index contributed by atoms with van der Waals surface area (Å²) in [6.45, 7) is 3.74. The van der Waals surface area contributed by atoms with Gasteiger partial charge in [0.2, 0.25) is 0 Å². The molecule has 2 heterocycles. The van der Waals surface area contributed by atoms with Gasteiger partial charge in [-0.3, -0.25) is 0 Å². The third-order valence-corrected chi connectivity index (χ3v) is 6.05. The molecule has 0 radical (unpaired) electrons. The Morgan fingerprint density at radius 1 is 1.38 bits per heavy atom. The van der Waals surface area contributed by atoms with Gasteiger partial charge in [-0.05, 0) is 44.8 Å². The lowest BCUT2D eigenvalue weighted by molar-refractivity contribution is 0.688. The van der Waals surface area contributed by atoms with E-state index in [1.165, 1.54) is 4.88 Å². The third-order valence-electron chi connectivity index (χ3n) is 1.97. The van der Waals surface area contributed by atoms with Gasteiger partial charge in [-0.15, -0.1) is 22.7 Å². The molecule has 0 amide bonds. The number of halogens is 2. The molecule has 0 aliphatic carbocycles. The maximum Gasteiger partial charge on any atom is 0.0897 e. The molecule has 86 valence electrons. The second-order valence-corrected chi connectivity index (χ2v) is 7.67. The Morgan fingerprint density at radius 3 is 2.75 bits per heavy atom. The number of thiazole rings is 1. The first kappa shape index (κ1) is 12.7. The lowest BCUT2D eigenvalue weighted by Gasteiger charge is -1.99. The van der Waals surface area contributed by atoms with Gasteiger partial charge in [0.05, 0.1) is 14.5 Å². The fourth-order valence-electron chi connectivity index (χ4n) is 1.28. The number of hydrogen-bond donors (Lipinski definition) is 1. The van der Waals surface area contributed by atoms with Gasteiger partial charge in [-0.2, -0.15) is 0 Å². The molecule has 0 fully saturated rings. The van der Waals surface area contributed by atoms with Gasteiger partial charge in [0.25, 0.3) is 0 Å². The number of aryl methyl sites for hydroxylation is 1. The van der Waals surface area contributed by atoms with Gasteiger partial charge in [0.15, 0.2) is 0 Å². The first-order valence-electron chi connectivity index (χ1n) is 4.70. The first-order chi connectivity index (χ1) is 7.65. The van der Waals surface area contributed by atoms with Crippen molar-refractivity contribution < 1.29 is 0 Å². The van der Waals surface area contributed by atoms with E-state index in [2.05, 4.69) is 53.6 Å². The Balaban J connectivity index is 1.84. The molecule has 0 aliphatic heterocycles. The van der Waals surface area contributed by atoms with Crippen molar-refractivity contribution in [3.8, 4) is 0 Å². The van der Waals surface area contributed by atoms with E-state index >= 15 is 0 Å². The van der Waals surface area contributed by atoms with Gasteiger partial charge in [-0.1, -0.05) is 0 Å². The molecule has 0 saturated carbocycles. The predicted octanol–water partition coefficient (Wildman–Crippen LogP) is 4.33.